The van der Waals surface area contributed by atoms with Crippen LogP contribution in [0.5, 0.6) is 0 Å². The Hall–Kier alpha value is -1.83. The summed E-state index contributed by atoms with van der Waals surface area (Å²) < 4.78 is 121. The molecule has 0 amide bonds. The van der Waals surface area contributed by atoms with Crippen molar-refractivity contribution in [2.45, 2.75) is 51.3 Å². The molecular weight excluding hydrogens is 326 g/mol. The van der Waals surface area contributed by atoms with Gasteiger partial charge in [0.15, 0.2) is 12.2 Å². The molecule has 142 valence electrons. The lowest BCUT2D eigenvalue weighted by Gasteiger charge is -2.36. The summed E-state index contributed by atoms with van der Waals surface area (Å²) in [5, 5.41) is 4.65. The first-order valence-electron chi connectivity index (χ1n) is 15.1. The van der Waals surface area contributed by atoms with Crippen molar-refractivity contribution in [3.63, 3.8) is 0 Å². The number of esters is 1. The van der Waals surface area contributed by atoms with Crippen LogP contribution < -0.4 is 0 Å². The third kappa shape index (κ3) is 5.09. The first kappa shape index (κ1) is 8.46. The Labute approximate surface area is 177 Å². The van der Waals surface area contributed by atoms with Gasteiger partial charge in [-0.25, -0.2) is 4.79 Å². The lowest BCUT2D eigenvalue weighted by molar-refractivity contribution is -0.174. The number of aliphatic hydroxyl groups is 1. The molecule has 1 fully saturated rings. The second-order valence-electron chi connectivity index (χ2n) is 5.21. The Kier molecular flexibility index (Phi) is 3.37. The Morgan fingerprint density at radius 1 is 1.35 bits per heavy atom. The van der Waals surface area contributed by atoms with Crippen molar-refractivity contribution in [3.05, 3.63) is 35.9 Å². The van der Waals surface area contributed by atoms with Crippen LogP contribution in [-0.2, 0) is 15.1 Å². The van der Waals surface area contributed by atoms with E-state index in [4.69, 9.17) is 24.0 Å². The van der Waals surface area contributed by atoms with E-state index in [2.05, 4.69) is 16.9 Å². The average molecular weight is 372 g/mol. The fourth-order valence-electron chi connectivity index (χ4n) is 2.20. The molecule has 0 spiro atoms. The van der Waals surface area contributed by atoms with Gasteiger partial charge in [0.2, 0.25) is 1.43 Å². The summed E-state index contributed by atoms with van der Waals surface area (Å²) in [6, 6.07) is 6.01. The van der Waals surface area contributed by atoms with E-state index in [1.807, 2.05) is 0 Å². The van der Waals surface area contributed by atoms with Crippen molar-refractivity contribution >= 4 is 5.97 Å². The van der Waals surface area contributed by atoms with Crippen LogP contribution in [-0.4, -0.2) is 43.6 Å². The van der Waals surface area contributed by atoms with Gasteiger partial charge >= 0.3 is 5.97 Å². The minimum Gasteiger partial charge on any atom is -0.450 e. The normalized spacial score (nSPS) is 36.6. The Bertz CT molecular complexity index is 1110. The van der Waals surface area contributed by atoms with Crippen molar-refractivity contribution in [2.75, 3.05) is 26.2 Å². The van der Waals surface area contributed by atoms with E-state index >= 15 is 0 Å². The summed E-state index contributed by atoms with van der Waals surface area (Å²) in [5.74, 6) is -1.31. The number of carbonyl (C=O) groups is 1. The smallest absolute Gasteiger partial charge is 0.344 e. The fourth-order valence-corrected chi connectivity index (χ4v) is 2.20. The third-order valence-electron chi connectivity index (χ3n) is 3.66. The zero-order valence-corrected chi connectivity index (χ0v) is 14.7. The molecule has 1 saturated carbocycles. The molecule has 0 aliphatic heterocycles. The van der Waals surface area contributed by atoms with Crippen LogP contribution in [0.15, 0.2) is 30.3 Å². The van der Waals surface area contributed by atoms with Gasteiger partial charge in [0.05, 0.1) is 9.24 Å². The molecule has 26 heavy (non-hydrogen) atoms. The highest BCUT2D eigenvalue weighted by Crippen LogP contribution is 2.40. The summed E-state index contributed by atoms with van der Waals surface area (Å²) >= 11 is 0. The maximum atomic E-state index is 13.7. The van der Waals surface area contributed by atoms with Crippen LogP contribution in [0.3, 0.4) is 0 Å². The predicted octanol–water partition coefficient (Wildman–Crippen LogP) is 3.34. The summed E-state index contributed by atoms with van der Waals surface area (Å²) in [6.07, 6.45) is -19.8. The lowest BCUT2D eigenvalue weighted by Crippen LogP contribution is -2.45. The largest absolute Gasteiger partial charge is 0.450 e. The molecule has 1 aromatic rings. The minimum absolute atomic E-state index is 0.296. The van der Waals surface area contributed by atoms with Gasteiger partial charge < -0.3 is 9.85 Å². The van der Waals surface area contributed by atoms with Crippen LogP contribution in [0.25, 0.3) is 0 Å². The molecule has 2 rings (SSSR count). The number of hydrogen-bond acceptors (Lipinski definition) is 4. The zero-order chi connectivity index (χ0) is 31.2. The van der Waals surface area contributed by atoms with E-state index in [9.17, 15) is 4.79 Å². The number of rotatable bonds is 8. The van der Waals surface area contributed by atoms with Crippen molar-refractivity contribution in [2.24, 2.45) is 5.89 Å². The first-order valence-corrected chi connectivity index (χ1v) is 8.19. The van der Waals surface area contributed by atoms with E-state index in [0.29, 0.717) is 13.1 Å². The van der Waals surface area contributed by atoms with Gasteiger partial charge in [-0.2, -0.15) is 0 Å². The molecule has 0 radical (unpaired) electrons. The molecule has 1 aromatic carbocycles. The third-order valence-corrected chi connectivity index (χ3v) is 3.66. The number of hydrogen-bond donors (Lipinski definition) is 1. The van der Waals surface area contributed by atoms with Crippen LogP contribution in [0.1, 0.15) is 69.1 Å². The van der Waals surface area contributed by atoms with Gasteiger partial charge in [-0.3, -0.25) is 4.90 Å². The molecule has 0 bridgehead atoms. The highest BCUT2D eigenvalue weighted by Gasteiger charge is 2.46. The van der Waals surface area contributed by atoms with Crippen molar-refractivity contribution in [1.82, 2.24) is 4.90 Å². The predicted molar refractivity (Wildman–Crippen MR) is 103 cm³/mol. The van der Waals surface area contributed by atoms with E-state index in [1.54, 1.807) is 13.8 Å². The Morgan fingerprint density at radius 3 is 2.65 bits per heavy atom. The highest BCUT2D eigenvalue weighted by atomic mass is 16.5. The van der Waals surface area contributed by atoms with Crippen molar-refractivity contribution < 1.29 is 32.5 Å². The van der Waals surface area contributed by atoms with Gasteiger partial charge in [0.25, 0.3) is 0 Å². The summed E-state index contributed by atoms with van der Waals surface area (Å²) in [4.78, 5) is 15.1. The SMILES string of the molecule is [2H]OC(C(=O)OCC#CC([2H])([2H])N(CC)CC)(c1ccccc1)C1([2H])C([2H])([2H])C([2H])([2H])C([2H])([2H])C([2H])([2H])C1([2H])[2H]. The Morgan fingerprint density at radius 2 is 2.04 bits per heavy atom. The number of benzene rings is 1. The number of carbonyl (C=O) groups excluding carboxylic acids is 1. The topological polar surface area (TPSA) is 49.8 Å². The molecular formula is C22H31NO3. The maximum absolute atomic E-state index is 13.7. The molecule has 1 N–H and O–H groups in total. The van der Waals surface area contributed by atoms with E-state index in [0.717, 1.165) is 12.1 Å². The van der Waals surface area contributed by atoms with Crippen molar-refractivity contribution in [1.29, 1.82) is 1.43 Å². The molecule has 0 heterocycles. The Balaban J connectivity index is 2.83. The lowest BCUT2D eigenvalue weighted by atomic mass is 9.73. The minimum atomic E-state index is -4.04. The van der Waals surface area contributed by atoms with Gasteiger partial charge in [-0.15, -0.1) is 0 Å². The standard InChI is InChI=1S/C22H31NO3/c1-3-23(4-2)17-11-12-18-26-21(24)22(25,19-13-7-5-8-14-19)20-15-9-6-10-16-20/h5,7-8,13-14,20,25H,3-4,6,9-10,15-18H2,1-2H3/i6D2,9D2,10D2,15D2,16D2,17D2,20D,25D. The molecule has 0 aromatic heterocycles. The molecule has 4 nitrogen and oxygen atoms in total. The zero-order valence-electron chi connectivity index (χ0n) is 28.7. The van der Waals surface area contributed by atoms with E-state index < -0.39 is 68.0 Å². The molecule has 4 heteroatoms. The molecule has 1 aliphatic carbocycles. The van der Waals surface area contributed by atoms with Crippen molar-refractivity contribution in [3.8, 4) is 11.8 Å². The summed E-state index contributed by atoms with van der Waals surface area (Å²) in [7, 11) is 0. The van der Waals surface area contributed by atoms with Gasteiger partial charge in [-0.1, -0.05) is 75.1 Å². The number of ether oxygens (including phenoxy) is 1. The molecule has 0 saturated heterocycles. The van der Waals surface area contributed by atoms with E-state index in [-0.39, 0.29) is 0 Å². The first-order chi connectivity index (χ1) is 18.1. The van der Waals surface area contributed by atoms with Crippen LogP contribution in [0, 0.1) is 17.7 Å². The summed E-state index contributed by atoms with van der Waals surface area (Å²) in [6.45, 7) is 0.936. The van der Waals surface area contributed by atoms with Gasteiger partial charge in [0.1, 0.15) is 0 Å². The fraction of sp³-hybridized carbons (Fsp3) is 0.591. The molecule has 1 aliphatic rings. The second kappa shape index (κ2) is 10.4. The monoisotopic (exact) mass is 371 g/mol. The van der Waals surface area contributed by atoms with Crippen LogP contribution >= 0.6 is 0 Å². The quantitative estimate of drug-likeness (QED) is 0.562. The van der Waals surface area contributed by atoms with Gasteiger partial charge in [0, 0.05) is 21.0 Å². The second-order valence-corrected chi connectivity index (χ2v) is 5.21. The average Bonchev–Trinajstić information content (AvgIpc) is 2.87. The van der Waals surface area contributed by atoms with Crippen LogP contribution in [0.4, 0.5) is 0 Å². The highest BCUT2D eigenvalue weighted by molar-refractivity contribution is 5.81. The van der Waals surface area contributed by atoms with Crippen LogP contribution in [0.2, 0.25) is 0 Å². The molecule has 1 unspecified atom stereocenters. The maximum Gasteiger partial charge on any atom is 0.344 e. The summed E-state index contributed by atoms with van der Waals surface area (Å²) in [5.41, 5.74) is -4.10. The number of nitrogens with zero attached hydrogens (tertiary/aromatic N) is 1. The van der Waals surface area contributed by atoms with E-state index in [1.165, 1.54) is 23.1 Å². The van der Waals surface area contributed by atoms with Gasteiger partial charge in [-0.05, 0) is 31.4 Å². The molecule has 1 atom stereocenters.